The van der Waals surface area contributed by atoms with Crippen LogP contribution in [-0.4, -0.2) is 15.1 Å². The van der Waals surface area contributed by atoms with Crippen molar-refractivity contribution < 1.29 is 0 Å². The number of nitrogens with zero attached hydrogens (tertiary/aromatic N) is 2. The minimum absolute atomic E-state index is 0.147. The zero-order chi connectivity index (χ0) is 13.1. The van der Waals surface area contributed by atoms with Gasteiger partial charge in [-0.1, -0.05) is 20.8 Å². The summed E-state index contributed by atoms with van der Waals surface area (Å²) >= 11 is 0. The van der Waals surface area contributed by atoms with Gasteiger partial charge in [0.25, 0.3) is 0 Å². The van der Waals surface area contributed by atoms with Gasteiger partial charge in [-0.3, -0.25) is 0 Å². The zero-order valence-corrected chi connectivity index (χ0v) is 12.1. The smallest absolute Gasteiger partial charge is 0.0951 e. The minimum atomic E-state index is 0.147. The van der Waals surface area contributed by atoms with Crippen molar-refractivity contribution >= 4 is 0 Å². The maximum Gasteiger partial charge on any atom is 0.0951 e. The number of hydrogen-bond acceptors (Lipinski definition) is 2. The fourth-order valence-corrected chi connectivity index (χ4v) is 2.11. The van der Waals surface area contributed by atoms with E-state index in [1.165, 1.54) is 5.69 Å². The Morgan fingerprint density at radius 2 is 2.00 bits per heavy atom. The van der Waals surface area contributed by atoms with E-state index >= 15 is 0 Å². The Labute approximate surface area is 106 Å². The van der Waals surface area contributed by atoms with Gasteiger partial charge < -0.3 is 9.88 Å². The highest BCUT2D eigenvalue weighted by Crippen LogP contribution is 2.23. The highest BCUT2D eigenvalue weighted by molar-refractivity contribution is 5.01. The lowest BCUT2D eigenvalue weighted by Crippen LogP contribution is -2.36. The normalized spacial score (nSPS) is 14.3. The predicted octanol–water partition coefficient (Wildman–Crippen LogP) is 3.38. The molecule has 1 heterocycles. The number of hydrogen-bond donors (Lipinski definition) is 1. The third-order valence-corrected chi connectivity index (χ3v) is 3.09. The molecule has 98 valence electrons. The van der Waals surface area contributed by atoms with Crippen molar-refractivity contribution in [1.82, 2.24) is 14.9 Å². The van der Waals surface area contributed by atoms with Crippen LogP contribution in [0.1, 0.15) is 59.7 Å². The van der Waals surface area contributed by atoms with Crippen molar-refractivity contribution in [2.45, 2.75) is 66.1 Å². The van der Waals surface area contributed by atoms with Crippen LogP contribution in [0.4, 0.5) is 0 Å². The zero-order valence-electron chi connectivity index (χ0n) is 12.1. The van der Waals surface area contributed by atoms with Gasteiger partial charge in [0.1, 0.15) is 0 Å². The summed E-state index contributed by atoms with van der Waals surface area (Å²) < 4.78 is 2.32. The van der Waals surface area contributed by atoms with E-state index < -0.39 is 0 Å². The van der Waals surface area contributed by atoms with Crippen LogP contribution in [0.5, 0.6) is 0 Å². The average molecular weight is 237 g/mol. The third-order valence-electron chi connectivity index (χ3n) is 3.09. The molecule has 1 aromatic rings. The summed E-state index contributed by atoms with van der Waals surface area (Å²) in [5.74, 6) is 0.641. The van der Waals surface area contributed by atoms with Gasteiger partial charge in [-0.05, 0) is 33.1 Å². The highest BCUT2D eigenvalue weighted by atomic mass is 15.1. The Bertz CT molecular complexity index is 333. The third kappa shape index (κ3) is 4.15. The fourth-order valence-electron chi connectivity index (χ4n) is 2.11. The second-order valence-corrected chi connectivity index (χ2v) is 6.12. The van der Waals surface area contributed by atoms with Gasteiger partial charge in [0.05, 0.1) is 12.0 Å². The molecule has 1 unspecified atom stereocenters. The van der Waals surface area contributed by atoms with E-state index in [0.717, 1.165) is 13.0 Å². The van der Waals surface area contributed by atoms with Crippen molar-refractivity contribution in [2.24, 2.45) is 5.92 Å². The van der Waals surface area contributed by atoms with E-state index in [2.05, 4.69) is 56.4 Å². The molecule has 0 aliphatic carbocycles. The summed E-state index contributed by atoms with van der Waals surface area (Å²) in [6.45, 7) is 14.2. The Balaban J connectivity index is 2.78. The molecule has 0 radical (unpaired) electrons. The predicted molar refractivity (Wildman–Crippen MR) is 73.0 cm³/mol. The standard InChI is InChI=1S/C14H27N3/c1-7-13(11(2)3)17-10-15-8-12(17)9-16-14(4,5)6/h8,10-11,13,16H,7,9H2,1-6H3. The Morgan fingerprint density at radius 3 is 2.47 bits per heavy atom. The Morgan fingerprint density at radius 1 is 1.35 bits per heavy atom. The van der Waals surface area contributed by atoms with Gasteiger partial charge in [-0.25, -0.2) is 4.98 Å². The summed E-state index contributed by atoms with van der Waals surface area (Å²) in [6, 6.07) is 0.550. The molecular formula is C14H27N3. The summed E-state index contributed by atoms with van der Waals surface area (Å²) in [6.07, 6.45) is 5.09. The molecule has 0 aromatic carbocycles. The lowest BCUT2D eigenvalue weighted by atomic mass is 10.0. The van der Waals surface area contributed by atoms with Crippen LogP contribution in [0.25, 0.3) is 0 Å². The summed E-state index contributed by atoms with van der Waals surface area (Å²) in [7, 11) is 0. The average Bonchev–Trinajstić information content (AvgIpc) is 2.62. The lowest BCUT2D eigenvalue weighted by molar-refractivity contribution is 0.345. The van der Waals surface area contributed by atoms with Crippen molar-refractivity contribution in [2.75, 3.05) is 0 Å². The second kappa shape index (κ2) is 5.67. The maximum atomic E-state index is 4.30. The van der Waals surface area contributed by atoms with Gasteiger partial charge in [0.2, 0.25) is 0 Å². The van der Waals surface area contributed by atoms with E-state index in [-0.39, 0.29) is 5.54 Å². The second-order valence-electron chi connectivity index (χ2n) is 6.12. The molecule has 0 aliphatic rings. The maximum absolute atomic E-state index is 4.30. The van der Waals surface area contributed by atoms with Gasteiger partial charge in [0, 0.05) is 24.3 Å². The van der Waals surface area contributed by atoms with Crippen LogP contribution in [0.15, 0.2) is 12.5 Å². The van der Waals surface area contributed by atoms with Crippen LogP contribution < -0.4 is 5.32 Å². The van der Waals surface area contributed by atoms with Gasteiger partial charge in [0.15, 0.2) is 0 Å². The first-order valence-corrected chi connectivity index (χ1v) is 6.61. The van der Waals surface area contributed by atoms with E-state index in [1.807, 2.05) is 12.5 Å². The van der Waals surface area contributed by atoms with Crippen molar-refractivity contribution in [3.8, 4) is 0 Å². The molecule has 17 heavy (non-hydrogen) atoms. The number of imidazole rings is 1. The summed E-state index contributed by atoms with van der Waals surface area (Å²) in [5, 5.41) is 3.52. The van der Waals surface area contributed by atoms with Crippen LogP contribution in [-0.2, 0) is 6.54 Å². The molecule has 0 spiro atoms. The number of nitrogens with one attached hydrogen (secondary N) is 1. The highest BCUT2D eigenvalue weighted by Gasteiger charge is 2.17. The van der Waals surface area contributed by atoms with E-state index in [4.69, 9.17) is 0 Å². The van der Waals surface area contributed by atoms with Crippen LogP contribution in [0.3, 0.4) is 0 Å². The first kappa shape index (κ1) is 14.2. The molecule has 0 fully saturated rings. The molecule has 0 saturated carbocycles. The monoisotopic (exact) mass is 237 g/mol. The van der Waals surface area contributed by atoms with E-state index in [9.17, 15) is 0 Å². The first-order chi connectivity index (χ1) is 7.85. The Hall–Kier alpha value is -0.830. The topological polar surface area (TPSA) is 29.9 Å². The quantitative estimate of drug-likeness (QED) is 0.851. The van der Waals surface area contributed by atoms with Crippen molar-refractivity contribution in [3.05, 3.63) is 18.2 Å². The van der Waals surface area contributed by atoms with Crippen molar-refractivity contribution in [1.29, 1.82) is 0 Å². The van der Waals surface area contributed by atoms with Gasteiger partial charge >= 0.3 is 0 Å². The minimum Gasteiger partial charge on any atom is -0.330 e. The van der Waals surface area contributed by atoms with Crippen LogP contribution in [0.2, 0.25) is 0 Å². The van der Waals surface area contributed by atoms with Gasteiger partial charge in [-0.2, -0.15) is 0 Å². The molecule has 1 rings (SSSR count). The van der Waals surface area contributed by atoms with Crippen LogP contribution >= 0.6 is 0 Å². The molecule has 1 N–H and O–H groups in total. The number of aromatic nitrogens is 2. The summed E-state index contributed by atoms with van der Waals surface area (Å²) in [5.41, 5.74) is 1.43. The number of rotatable bonds is 5. The lowest BCUT2D eigenvalue weighted by Gasteiger charge is -2.25. The first-order valence-electron chi connectivity index (χ1n) is 6.61. The molecule has 0 aliphatic heterocycles. The Kier molecular flexibility index (Phi) is 4.75. The SMILES string of the molecule is CCC(C(C)C)n1cncc1CNC(C)(C)C. The van der Waals surface area contributed by atoms with Crippen molar-refractivity contribution in [3.63, 3.8) is 0 Å². The van der Waals surface area contributed by atoms with E-state index in [1.54, 1.807) is 0 Å². The fraction of sp³-hybridized carbons (Fsp3) is 0.786. The molecule has 3 heteroatoms. The molecule has 0 bridgehead atoms. The molecule has 1 atom stereocenters. The molecule has 0 amide bonds. The van der Waals surface area contributed by atoms with Gasteiger partial charge in [-0.15, -0.1) is 0 Å². The molecule has 1 aromatic heterocycles. The molecular weight excluding hydrogens is 210 g/mol. The largest absolute Gasteiger partial charge is 0.330 e. The summed E-state index contributed by atoms with van der Waals surface area (Å²) in [4.78, 5) is 4.30. The van der Waals surface area contributed by atoms with Crippen LogP contribution in [0, 0.1) is 5.92 Å². The molecule has 3 nitrogen and oxygen atoms in total. The van der Waals surface area contributed by atoms with E-state index in [0.29, 0.717) is 12.0 Å². The molecule has 0 saturated heterocycles.